The Hall–Kier alpha value is -0.690. The van der Waals surface area contributed by atoms with Crippen LogP contribution in [0.25, 0.3) is 0 Å². The van der Waals surface area contributed by atoms with E-state index in [1.54, 1.807) is 6.08 Å². The Labute approximate surface area is 67.1 Å². The van der Waals surface area contributed by atoms with E-state index < -0.39 is 0 Å². The minimum absolute atomic E-state index is 0.759. The third kappa shape index (κ3) is 4.21. The molecule has 0 aliphatic heterocycles. The van der Waals surface area contributed by atoms with Gasteiger partial charge in [-0.2, -0.15) is 0 Å². The van der Waals surface area contributed by atoms with Gasteiger partial charge in [-0.05, 0) is 25.2 Å². The van der Waals surface area contributed by atoms with Gasteiger partial charge in [0.25, 0.3) is 0 Å². The van der Waals surface area contributed by atoms with E-state index >= 15 is 0 Å². The highest BCUT2D eigenvalue weighted by atomic mass is 35.5. The number of rotatable bonds is 3. The summed E-state index contributed by atoms with van der Waals surface area (Å²) in [7, 11) is 1.84. The molecule has 10 heavy (non-hydrogen) atoms. The van der Waals surface area contributed by atoms with Gasteiger partial charge in [0, 0.05) is 17.8 Å². The molecule has 0 saturated carbocycles. The highest BCUT2D eigenvalue weighted by Gasteiger charge is 1.81. The van der Waals surface area contributed by atoms with Crippen molar-refractivity contribution < 1.29 is 0 Å². The Morgan fingerprint density at radius 3 is 2.40 bits per heavy atom. The summed E-state index contributed by atoms with van der Waals surface area (Å²) in [5, 5.41) is 3.71. The summed E-state index contributed by atoms with van der Waals surface area (Å²) >= 11 is 5.59. The van der Waals surface area contributed by atoms with Crippen LogP contribution in [0.4, 0.5) is 0 Å². The second-order valence-electron chi connectivity index (χ2n) is 1.83. The quantitative estimate of drug-likeness (QED) is 0.621. The predicted molar refractivity (Wildman–Crippen MR) is 46.9 cm³/mol. The molecular weight excluding hydrogens is 146 g/mol. The molecular formula is C8H12ClN. The molecule has 0 heterocycles. The SMILES string of the molecule is C=C/C(=C\C=C(/C)Cl)NC. The Bertz CT molecular complexity index is 164. The van der Waals surface area contributed by atoms with Crippen LogP contribution in [0.2, 0.25) is 0 Å². The first kappa shape index (κ1) is 9.31. The maximum Gasteiger partial charge on any atom is 0.0332 e. The van der Waals surface area contributed by atoms with Crippen molar-refractivity contribution in [1.29, 1.82) is 0 Å². The van der Waals surface area contributed by atoms with Crippen LogP contribution in [-0.2, 0) is 0 Å². The Morgan fingerprint density at radius 1 is 1.50 bits per heavy atom. The number of nitrogens with one attached hydrogen (secondary N) is 1. The average Bonchev–Trinajstić information content (AvgIpc) is 1.90. The van der Waals surface area contributed by atoms with Crippen LogP contribution in [-0.4, -0.2) is 7.05 Å². The summed E-state index contributed by atoms with van der Waals surface area (Å²) in [4.78, 5) is 0. The lowest BCUT2D eigenvalue weighted by Crippen LogP contribution is -2.01. The minimum Gasteiger partial charge on any atom is -0.388 e. The maximum atomic E-state index is 5.59. The Balaban J connectivity index is 4.12. The van der Waals surface area contributed by atoms with E-state index in [4.69, 9.17) is 11.6 Å². The van der Waals surface area contributed by atoms with Crippen molar-refractivity contribution in [3.8, 4) is 0 Å². The van der Waals surface area contributed by atoms with Gasteiger partial charge in [0.2, 0.25) is 0 Å². The van der Waals surface area contributed by atoms with E-state index in [-0.39, 0.29) is 0 Å². The normalized spacial score (nSPS) is 13.1. The Morgan fingerprint density at radius 2 is 2.10 bits per heavy atom. The lowest BCUT2D eigenvalue weighted by Gasteiger charge is -1.95. The molecule has 1 nitrogen and oxygen atoms in total. The van der Waals surface area contributed by atoms with E-state index in [1.165, 1.54) is 0 Å². The third-order valence-corrected chi connectivity index (χ3v) is 1.13. The first-order valence-electron chi connectivity index (χ1n) is 3.05. The molecule has 0 aliphatic rings. The molecule has 0 saturated heterocycles. The van der Waals surface area contributed by atoms with E-state index in [9.17, 15) is 0 Å². The van der Waals surface area contributed by atoms with Crippen LogP contribution >= 0.6 is 11.6 Å². The zero-order valence-corrected chi connectivity index (χ0v) is 7.07. The molecule has 56 valence electrons. The van der Waals surface area contributed by atoms with Crippen LogP contribution in [0.3, 0.4) is 0 Å². The smallest absolute Gasteiger partial charge is 0.0332 e. The molecule has 0 atom stereocenters. The first-order chi connectivity index (χ1) is 4.70. The zero-order chi connectivity index (χ0) is 7.98. The van der Waals surface area contributed by atoms with Crippen LogP contribution < -0.4 is 5.32 Å². The number of allylic oxidation sites excluding steroid dienone is 4. The Kier molecular flexibility index (Phi) is 4.77. The summed E-state index contributed by atoms with van der Waals surface area (Å²) in [6.45, 7) is 5.43. The fraction of sp³-hybridized carbons (Fsp3) is 0.250. The summed E-state index contributed by atoms with van der Waals surface area (Å²) in [5.41, 5.74) is 0.958. The average molecular weight is 158 g/mol. The lowest BCUT2D eigenvalue weighted by molar-refractivity contribution is 1.03. The first-order valence-corrected chi connectivity index (χ1v) is 3.42. The van der Waals surface area contributed by atoms with Crippen molar-refractivity contribution in [3.05, 3.63) is 35.5 Å². The second kappa shape index (κ2) is 5.12. The molecule has 0 bridgehead atoms. The van der Waals surface area contributed by atoms with Gasteiger partial charge >= 0.3 is 0 Å². The van der Waals surface area contributed by atoms with Crippen molar-refractivity contribution in [2.45, 2.75) is 6.92 Å². The molecule has 0 aromatic rings. The summed E-state index contributed by atoms with van der Waals surface area (Å²) in [5.74, 6) is 0. The molecule has 2 heteroatoms. The molecule has 0 radical (unpaired) electrons. The zero-order valence-electron chi connectivity index (χ0n) is 6.32. The number of hydrogen-bond donors (Lipinski definition) is 1. The summed E-state index contributed by atoms with van der Waals surface area (Å²) in [6, 6.07) is 0. The number of likely N-dealkylation sites (N-methyl/N-ethyl adjacent to an activating group) is 1. The highest BCUT2D eigenvalue weighted by Crippen LogP contribution is 1.99. The molecule has 0 aliphatic carbocycles. The fourth-order valence-corrected chi connectivity index (χ4v) is 0.521. The van der Waals surface area contributed by atoms with E-state index in [0.717, 1.165) is 10.7 Å². The topological polar surface area (TPSA) is 12.0 Å². The second-order valence-corrected chi connectivity index (χ2v) is 2.43. The molecule has 0 aromatic heterocycles. The van der Waals surface area contributed by atoms with Crippen molar-refractivity contribution in [3.63, 3.8) is 0 Å². The van der Waals surface area contributed by atoms with Gasteiger partial charge in [-0.1, -0.05) is 18.2 Å². The van der Waals surface area contributed by atoms with Gasteiger partial charge in [0.05, 0.1) is 0 Å². The molecule has 0 rings (SSSR count). The predicted octanol–water partition coefficient (Wildman–Crippen LogP) is 2.42. The van der Waals surface area contributed by atoms with Crippen molar-refractivity contribution in [1.82, 2.24) is 5.32 Å². The van der Waals surface area contributed by atoms with Gasteiger partial charge in [0.15, 0.2) is 0 Å². The van der Waals surface area contributed by atoms with E-state index in [1.807, 2.05) is 26.1 Å². The van der Waals surface area contributed by atoms with E-state index in [0.29, 0.717) is 0 Å². The van der Waals surface area contributed by atoms with Crippen molar-refractivity contribution >= 4 is 11.6 Å². The minimum atomic E-state index is 0.759. The molecule has 0 amide bonds. The highest BCUT2D eigenvalue weighted by molar-refractivity contribution is 6.29. The number of halogens is 1. The van der Waals surface area contributed by atoms with Crippen molar-refractivity contribution in [2.24, 2.45) is 0 Å². The third-order valence-electron chi connectivity index (χ3n) is 1.00. The van der Waals surface area contributed by atoms with Gasteiger partial charge < -0.3 is 5.32 Å². The van der Waals surface area contributed by atoms with Crippen LogP contribution in [0.15, 0.2) is 35.5 Å². The summed E-state index contributed by atoms with van der Waals surface area (Å²) < 4.78 is 0. The molecule has 0 aromatic carbocycles. The van der Waals surface area contributed by atoms with Crippen LogP contribution in [0.5, 0.6) is 0 Å². The van der Waals surface area contributed by atoms with Gasteiger partial charge in [0.1, 0.15) is 0 Å². The largest absolute Gasteiger partial charge is 0.388 e. The molecule has 0 spiro atoms. The van der Waals surface area contributed by atoms with Gasteiger partial charge in [-0.3, -0.25) is 0 Å². The lowest BCUT2D eigenvalue weighted by atomic mass is 10.3. The number of hydrogen-bond acceptors (Lipinski definition) is 1. The van der Waals surface area contributed by atoms with Crippen molar-refractivity contribution in [2.75, 3.05) is 7.05 Å². The summed E-state index contributed by atoms with van der Waals surface area (Å²) in [6.07, 6.45) is 5.42. The van der Waals surface area contributed by atoms with E-state index in [2.05, 4.69) is 11.9 Å². The molecule has 0 unspecified atom stereocenters. The van der Waals surface area contributed by atoms with Gasteiger partial charge in [-0.25, -0.2) is 0 Å². The standard InChI is InChI=1S/C8H12ClN/c1-4-8(10-3)6-5-7(2)9/h4-6,10H,1H2,2-3H3/b7-5+,8-6+. The van der Waals surface area contributed by atoms with Crippen LogP contribution in [0.1, 0.15) is 6.92 Å². The monoisotopic (exact) mass is 157 g/mol. The van der Waals surface area contributed by atoms with Crippen LogP contribution in [0, 0.1) is 0 Å². The van der Waals surface area contributed by atoms with Gasteiger partial charge in [-0.15, -0.1) is 0 Å². The maximum absolute atomic E-state index is 5.59. The molecule has 1 N–H and O–H groups in total. The molecule has 0 fully saturated rings. The fourth-order valence-electron chi connectivity index (χ4n) is 0.458.